The van der Waals surface area contributed by atoms with Gasteiger partial charge in [0.2, 0.25) is 5.91 Å². The van der Waals surface area contributed by atoms with Crippen LogP contribution in [0.25, 0.3) is 11.3 Å². The summed E-state index contributed by atoms with van der Waals surface area (Å²) in [5.74, 6) is 0.197. The molecule has 4 rings (SSSR count). The number of amides is 2. The minimum atomic E-state index is -0.463. The molecule has 13 heteroatoms. The van der Waals surface area contributed by atoms with Gasteiger partial charge in [-0.1, -0.05) is 41.6 Å². The van der Waals surface area contributed by atoms with Gasteiger partial charge in [0.15, 0.2) is 16.1 Å². The quantitative estimate of drug-likeness (QED) is 0.161. The summed E-state index contributed by atoms with van der Waals surface area (Å²) >= 11 is 2.46. The van der Waals surface area contributed by atoms with E-state index in [0.717, 1.165) is 5.56 Å². The molecule has 38 heavy (non-hydrogen) atoms. The molecule has 0 spiro atoms. The molecule has 0 fully saturated rings. The summed E-state index contributed by atoms with van der Waals surface area (Å²) in [6, 6.07) is 13.1. The number of carbonyl (C=O) groups excluding carboxylic acids is 2. The van der Waals surface area contributed by atoms with Crippen LogP contribution >= 0.6 is 23.1 Å². The highest BCUT2D eigenvalue weighted by molar-refractivity contribution is 7.99. The van der Waals surface area contributed by atoms with Crippen molar-refractivity contribution in [2.75, 3.05) is 11.1 Å². The van der Waals surface area contributed by atoms with E-state index in [4.69, 9.17) is 0 Å². The van der Waals surface area contributed by atoms with Crippen molar-refractivity contribution in [3.63, 3.8) is 0 Å². The van der Waals surface area contributed by atoms with Crippen LogP contribution in [0, 0.1) is 17.0 Å². The van der Waals surface area contributed by atoms with E-state index in [9.17, 15) is 19.7 Å². The number of non-ortho nitro benzene ring substituents is 1. The van der Waals surface area contributed by atoms with Crippen molar-refractivity contribution in [2.45, 2.75) is 38.5 Å². The van der Waals surface area contributed by atoms with Crippen LogP contribution in [0.2, 0.25) is 0 Å². The summed E-state index contributed by atoms with van der Waals surface area (Å²) < 4.78 is 1.86. The first kappa shape index (κ1) is 26.9. The molecule has 0 radical (unpaired) electrons. The second-order valence-corrected chi connectivity index (χ2v) is 10.1. The lowest BCUT2D eigenvalue weighted by molar-refractivity contribution is -0.384. The van der Waals surface area contributed by atoms with Gasteiger partial charge in [0.1, 0.15) is 0 Å². The highest BCUT2D eigenvalue weighted by Crippen LogP contribution is 2.28. The van der Waals surface area contributed by atoms with Gasteiger partial charge in [-0.15, -0.1) is 21.5 Å². The Morgan fingerprint density at radius 1 is 1.18 bits per heavy atom. The van der Waals surface area contributed by atoms with E-state index in [-0.39, 0.29) is 29.3 Å². The van der Waals surface area contributed by atoms with E-state index in [2.05, 4.69) is 25.8 Å². The van der Waals surface area contributed by atoms with Gasteiger partial charge in [-0.3, -0.25) is 19.7 Å². The molecular formula is C25H25N7O4S2. The van der Waals surface area contributed by atoms with Crippen molar-refractivity contribution in [1.29, 1.82) is 0 Å². The van der Waals surface area contributed by atoms with Crippen LogP contribution < -0.4 is 10.6 Å². The summed E-state index contributed by atoms with van der Waals surface area (Å²) in [4.78, 5) is 40.2. The number of aromatic nitrogens is 4. The second kappa shape index (κ2) is 12.0. The smallest absolute Gasteiger partial charge is 0.270 e. The van der Waals surface area contributed by atoms with Gasteiger partial charge < -0.3 is 15.2 Å². The van der Waals surface area contributed by atoms with Gasteiger partial charge in [-0.2, -0.15) is 0 Å². The molecule has 0 aliphatic heterocycles. The standard InChI is InChI=1S/C25H25N7O4S2/c1-4-31-22(16(3)26-23(34)18-9-5-7-15(2)11-18)29-30-25(31)38-14-21(33)28-24-27-20(13-37-24)17-8-6-10-19(12-17)32(35)36/h5-13,16H,4,14H2,1-3H3,(H,26,34)(H,27,28,33). The van der Waals surface area contributed by atoms with Crippen molar-refractivity contribution in [2.24, 2.45) is 0 Å². The number of nitrogens with zero attached hydrogens (tertiary/aromatic N) is 5. The van der Waals surface area contributed by atoms with E-state index in [1.165, 1.54) is 35.2 Å². The van der Waals surface area contributed by atoms with E-state index in [1.54, 1.807) is 23.6 Å². The lowest BCUT2D eigenvalue weighted by Crippen LogP contribution is -2.28. The Kier molecular flexibility index (Phi) is 8.48. The fourth-order valence-electron chi connectivity index (χ4n) is 3.68. The molecule has 2 amide bonds. The van der Waals surface area contributed by atoms with Crippen molar-refractivity contribution >= 4 is 45.7 Å². The molecule has 0 saturated carbocycles. The van der Waals surface area contributed by atoms with E-state index in [0.29, 0.717) is 39.5 Å². The first-order chi connectivity index (χ1) is 18.2. The zero-order chi connectivity index (χ0) is 27.2. The van der Waals surface area contributed by atoms with E-state index in [1.807, 2.05) is 43.5 Å². The number of aryl methyl sites for hydroxylation is 1. The monoisotopic (exact) mass is 551 g/mol. The Balaban J connectivity index is 1.36. The van der Waals surface area contributed by atoms with Crippen LogP contribution in [0.4, 0.5) is 10.8 Å². The normalized spacial score (nSPS) is 11.7. The van der Waals surface area contributed by atoms with Crippen molar-refractivity contribution in [3.8, 4) is 11.3 Å². The zero-order valence-corrected chi connectivity index (χ0v) is 22.5. The van der Waals surface area contributed by atoms with Gasteiger partial charge in [-0.25, -0.2) is 4.98 Å². The molecule has 0 saturated heterocycles. The molecule has 1 unspecified atom stereocenters. The predicted octanol–water partition coefficient (Wildman–Crippen LogP) is 4.86. The van der Waals surface area contributed by atoms with Crippen LogP contribution in [0.3, 0.4) is 0 Å². The molecule has 2 aromatic carbocycles. The predicted molar refractivity (Wildman–Crippen MR) is 146 cm³/mol. The molecular weight excluding hydrogens is 526 g/mol. The molecule has 11 nitrogen and oxygen atoms in total. The van der Waals surface area contributed by atoms with Crippen LogP contribution in [-0.2, 0) is 11.3 Å². The summed E-state index contributed by atoms with van der Waals surface area (Å²) in [6.45, 7) is 6.28. The molecule has 2 aromatic heterocycles. The Hall–Kier alpha value is -4.10. The summed E-state index contributed by atoms with van der Waals surface area (Å²) in [7, 11) is 0. The zero-order valence-electron chi connectivity index (χ0n) is 20.9. The third-order valence-electron chi connectivity index (χ3n) is 5.51. The maximum atomic E-state index is 12.7. The first-order valence-electron chi connectivity index (χ1n) is 11.7. The van der Waals surface area contributed by atoms with Crippen LogP contribution in [0.15, 0.2) is 59.1 Å². The Labute approximate surface area is 226 Å². The van der Waals surface area contributed by atoms with Crippen LogP contribution in [0.1, 0.15) is 41.6 Å². The van der Waals surface area contributed by atoms with Gasteiger partial charge in [-0.05, 0) is 32.9 Å². The lowest BCUT2D eigenvalue weighted by atomic mass is 10.1. The number of hydrogen-bond acceptors (Lipinski definition) is 9. The molecule has 2 N–H and O–H groups in total. The Morgan fingerprint density at radius 3 is 2.71 bits per heavy atom. The molecule has 1 atom stereocenters. The van der Waals surface area contributed by atoms with Gasteiger partial charge >= 0.3 is 0 Å². The Morgan fingerprint density at radius 2 is 1.97 bits per heavy atom. The number of anilines is 1. The third kappa shape index (κ3) is 6.42. The highest BCUT2D eigenvalue weighted by Gasteiger charge is 2.20. The molecule has 0 aliphatic carbocycles. The number of rotatable bonds is 10. The Bertz CT molecular complexity index is 1480. The topological polar surface area (TPSA) is 145 Å². The summed E-state index contributed by atoms with van der Waals surface area (Å²) in [6.07, 6.45) is 0. The number of carbonyl (C=O) groups is 2. The summed E-state index contributed by atoms with van der Waals surface area (Å²) in [5, 5.41) is 27.9. The molecule has 196 valence electrons. The van der Waals surface area contributed by atoms with Crippen molar-refractivity contribution < 1.29 is 14.5 Å². The third-order valence-corrected chi connectivity index (χ3v) is 7.24. The number of hydrogen-bond donors (Lipinski definition) is 2. The van der Waals surface area contributed by atoms with Crippen LogP contribution in [-0.4, -0.2) is 42.2 Å². The largest absolute Gasteiger partial charge is 0.342 e. The minimum Gasteiger partial charge on any atom is -0.342 e. The van der Waals surface area contributed by atoms with E-state index < -0.39 is 4.92 Å². The van der Waals surface area contributed by atoms with Gasteiger partial charge in [0.05, 0.1) is 22.4 Å². The number of nitro benzene ring substituents is 1. The fourth-order valence-corrected chi connectivity index (χ4v) is 5.23. The minimum absolute atomic E-state index is 0.0269. The maximum absolute atomic E-state index is 12.7. The van der Waals surface area contributed by atoms with Crippen molar-refractivity contribution in [1.82, 2.24) is 25.1 Å². The number of nitrogens with one attached hydrogen (secondary N) is 2. The van der Waals surface area contributed by atoms with Gasteiger partial charge in [0.25, 0.3) is 11.6 Å². The summed E-state index contributed by atoms with van der Waals surface area (Å²) in [5.41, 5.74) is 2.68. The number of benzene rings is 2. The average molecular weight is 552 g/mol. The van der Waals surface area contributed by atoms with Gasteiger partial charge in [0, 0.05) is 35.2 Å². The second-order valence-electron chi connectivity index (χ2n) is 8.33. The number of nitro groups is 1. The number of thiazole rings is 1. The molecule has 0 bridgehead atoms. The molecule has 0 aliphatic rings. The maximum Gasteiger partial charge on any atom is 0.270 e. The number of thioether (sulfide) groups is 1. The highest BCUT2D eigenvalue weighted by atomic mass is 32.2. The fraction of sp³-hybridized carbons (Fsp3) is 0.240. The molecule has 4 aromatic rings. The first-order valence-corrected chi connectivity index (χ1v) is 13.5. The SMILES string of the molecule is CCn1c(SCC(=O)Nc2nc(-c3cccc([N+](=O)[O-])c3)cs2)nnc1C(C)NC(=O)c1cccc(C)c1. The average Bonchev–Trinajstić information content (AvgIpc) is 3.54. The van der Waals surface area contributed by atoms with Crippen molar-refractivity contribution in [3.05, 3.63) is 81.0 Å². The van der Waals surface area contributed by atoms with E-state index >= 15 is 0 Å². The molecule has 2 heterocycles. The van der Waals surface area contributed by atoms with Crippen LogP contribution in [0.5, 0.6) is 0 Å². The lowest BCUT2D eigenvalue weighted by Gasteiger charge is -2.15.